The highest BCUT2D eigenvalue weighted by atomic mass is 16.6. The molecule has 4 aliphatic rings. The molecule has 5 heterocycles. The van der Waals surface area contributed by atoms with E-state index in [0.29, 0.717) is 41.3 Å². The Morgan fingerprint density at radius 1 is 0.977 bits per heavy atom. The maximum Gasteiger partial charge on any atom is 0.334 e. The van der Waals surface area contributed by atoms with Gasteiger partial charge in [0.1, 0.15) is 12.7 Å². The van der Waals surface area contributed by atoms with Gasteiger partial charge in [-0.15, -0.1) is 0 Å². The van der Waals surface area contributed by atoms with Crippen LogP contribution in [0.4, 0.5) is 11.4 Å². The van der Waals surface area contributed by atoms with Gasteiger partial charge in [0.2, 0.25) is 5.91 Å². The van der Waals surface area contributed by atoms with E-state index in [4.69, 9.17) is 9.47 Å². The van der Waals surface area contributed by atoms with E-state index < -0.39 is 22.3 Å². The molecule has 220 valence electrons. The van der Waals surface area contributed by atoms with Gasteiger partial charge >= 0.3 is 11.2 Å². The number of nitro groups is 1. The highest BCUT2D eigenvalue weighted by Crippen LogP contribution is 2.49. The highest BCUT2D eigenvalue weighted by molar-refractivity contribution is 6.18. The number of piperidine rings is 1. The number of ether oxygens (including phenoxy) is 2. The molecule has 4 aliphatic heterocycles. The van der Waals surface area contributed by atoms with Gasteiger partial charge in [0.15, 0.2) is 11.5 Å². The molecule has 3 amide bonds. The third-order valence-corrected chi connectivity index (χ3v) is 8.92. The summed E-state index contributed by atoms with van der Waals surface area (Å²) in [5, 5.41) is 11.3. The average molecular weight is 586 g/mol. The number of carbonyl (C=O) groups excluding carboxylic acids is 3. The molecular weight excluding hydrogens is 558 g/mol. The Morgan fingerprint density at radius 2 is 1.77 bits per heavy atom. The molecule has 0 N–H and O–H groups in total. The molecule has 3 aromatic rings. The molecule has 43 heavy (non-hydrogen) atoms. The summed E-state index contributed by atoms with van der Waals surface area (Å²) in [7, 11) is 2.92. The van der Waals surface area contributed by atoms with Crippen molar-refractivity contribution in [1.29, 1.82) is 0 Å². The lowest BCUT2D eigenvalue weighted by Gasteiger charge is -2.44. The van der Waals surface area contributed by atoms with Gasteiger partial charge in [0.25, 0.3) is 11.8 Å². The van der Waals surface area contributed by atoms with Crippen LogP contribution in [-0.2, 0) is 11.3 Å². The number of pyridine rings is 1. The zero-order chi connectivity index (χ0) is 30.2. The molecule has 1 fully saturated rings. The largest absolute Gasteiger partial charge is 0.493 e. The lowest BCUT2D eigenvalue weighted by atomic mass is 9.83. The normalized spacial score (nSPS) is 21.5. The van der Waals surface area contributed by atoms with E-state index >= 15 is 0 Å². The van der Waals surface area contributed by atoms with Gasteiger partial charge in [-0.25, -0.2) is 0 Å². The number of anilines is 1. The van der Waals surface area contributed by atoms with E-state index in [1.807, 2.05) is 0 Å². The van der Waals surface area contributed by atoms with E-state index in [1.54, 1.807) is 47.4 Å². The fourth-order valence-corrected chi connectivity index (χ4v) is 7.11. The van der Waals surface area contributed by atoms with Crippen LogP contribution in [0.2, 0.25) is 0 Å². The number of methoxy groups -OCH3 is 2. The number of aromatic nitrogens is 1. The summed E-state index contributed by atoms with van der Waals surface area (Å²) in [4.78, 5) is 69.8. The molecule has 0 saturated carbocycles. The second-order valence-corrected chi connectivity index (χ2v) is 11.2. The van der Waals surface area contributed by atoms with Crippen molar-refractivity contribution >= 4 is 29.1 Å². The van der Waals surface area contributed by atoms with Crippen molar-refractivity contribution in [3.63, 3.8) is 0 Å². The molecule has 2 aromatic carbocycles. The number of benzene rings is 2. The van der Waals surface area contributed by atoms with Crippen LogP contribution < -0.4 is 19.9 Å². The van der Waals surface area contributed by atoms with E-state index in [9.17, 15) is 29.3 Å². The summed E-state index contributed by atoms with van der Waals surface area (Å²) in [6.07, 6.45) is -0.116. The van der Waals surface area contributed by atoms with E-state index in [1.165, 1.54) is 34.7 Å². The number of carbonyl (C=O) groups is 3. The lowest BCUT2D eigenvalue weighted by Crippen LogP contribution is -2.55. The number of fused-ring (bicyclic) bond motifs is 9. The zero-order valence-electron chi connectivity index (χ0n) is 23.4. The molecule has 0 aliphatic carbocycles. The molecule has 1 saturated heterocycles. The highest BCUT2D eigenvalue weighted by Gasteiger charge is 2.50. The molecule has 7 rings (SSSR count). The molecule has 13 heteroatoms. The second kappa shape index (κ2) is 9.68. The number of nitrogens with zero attached hydrogens (tertiary/aromatic N) is 5. The van der Waals surface area contributed by atoms with Gasteiger partial charge in [0, 0.05) is 42.9 Å². The van der Waals surface area contributed by atoms with Gasteiger partial charge in [-0.2, -0.15) is 0 Å². The zero-order valence-corrected chi connectivity index (χ0v) is 23.4. The van der Waals surface area contributed by atoms with Crippen LogP contribution in [0, 0.1) is 16.0 Å². The number of amides is 3. The number of para-hydroxylation sites is 1. The van der Waals surface area contributed by atoms with Crippen LogP contribution in [0.1, 0.15) is 50.5 Å². The summed E-state index contributed by atoms with van der Waals surface area (Å²) < 4.78 is 12.5. The Bertz CT molecular complexity index is 1800. The Morgan fingerprint density at radius 3 is 2.51 bits per heavy atom. The molecular formula is C30H27N5O8. The van der Waals surface area contributed by atoms with Crippen molar-refractivity contribution in [1.82, 2.24) is 14.4 Å². The standard InChI is InChI=1S/C30H27N5O8/c1-42-23-10-7-19-25(26(23)43-2)30(39)34-21-6-4-3-5-18(21)28(37)33(27(19)34)15-24(36)31-12-16-11-17(14-31)20-8-9-22(35(40)41)29(38)32(20)13-16/h3-10,16-17,27H,11-15H2,1-2H3. The number of likely N-dealkylation sites (tertiary alicyclic amines) is 1. The first kappa shape index (κ1) is 26.7. The minimum Gasteiger partial charge on any atom is -0.493 e. The average Bonchev–Trinajstić information content (AvgIpc) is 3.31. The Labute approximate surface area is 245 Å². The van der Waals surface area contributed by atoms with Crippen molar-refractivity contribution in [2.24, 2.45) is 5.92 Å². The molecule has 2 bridgehead atoms. The molecule has 1 aromatic heterocycles. The smallest absolute Gasteiger partial charge is 0.334 e. The quantitative estimate of drug-likeness (QED) is 0.328. The third kappa shape index (κ3) is 3.84. The second-order valence-electron chi connectivity index (χ2n) is 11.2. The van der Waals surface area contributed by atoms with Crippen LogP contribution in [0.25, 0.3) is 0 Å². The predicted molar refractivity (Wildman–Crippen MR) is 151 cm³/mol. The Hall–Kier alpha value is -5.20. The summed E-state index contributed by atoms with van der Waals surface area (Å²) in [6, 6.07) is 13.0. The summed E-state index contributed by atoms with van der Waals surface area (Å²) in [6.45, 7) is 0.644. The Balaban J connectivity index is 1.23. The van der Waals surface area contributed by atoms with Crippen molar-refractivity contribution in [2.75, 3.05) is 38.8 Å². The van der Waals surface area contributed by atoms with Crippen molar-refractivity contribution in [3.05, 3.63) is 91.4 Å². The molecule has 0 radical (unpaired) electrons. The maximum atomic E-state index is 13.9. The summed E-state index contributed by atoms with van der Waals surface area (Å²) >= 11 is 0. The van der Waals surface area contributed by atoms with Crippen molar-refractivity contribution < 1.29 is 28.8 Å². The van der Waals surface area contributed by atoms with Gasteiger partial charge in [-0.05, 0) is 36.6 Å². The van der Waals surface area contributed by atoms with Gasteiger partial charge in [-0.3, -0.25) is 34.2 Å². The van der Waals surface area contributed by atoms with Crippen molar-refractivity contribution in [3.8, 4) is 11.5 Å². The maximum absolute atomic E-state index is 13.9. The van der Waals surface area contributed by atoms with E-state index in [2.05, 4.69) is 0 Å². The van der Waals surface area contributed by atoms with Gasteiger partial charge in [0.05, 0.1) is 36.0 Å². The molecule has 3 atom stereocenters. The first-order chi connectivity index (χ1) is 20.7. The fourth-order valence-electron chi connectivity index (χ4n) is 7.11. The van der Waals surface area contributed by atoms with E-state index in [0.717, 1.165) is 6.42 Å². The number of hydrogen-bond acceptors (Lipinski definition) is 8. The SMILES string of the molecule is COc1ccc2c(c1OC)C(=O)N1c3ccccc3C(=O)N(CC(=O)N3CC4CC(C3)c3ccc([N+](=O)[O-])c(=O)n3C4)C21. The van der Waals surface area contributed by atoms with Crippen LogP contribution in [0.5, 0.6) is 11.5 Å². The van der Waals surface area contributed by atoms with Crippen LogP contribution in [0.15, 0.2) is 53.3 Å². The first-order valence-electron chi connectivity index (χ1n) is 13.9. The van der Waals surface area contributed by atoms with Gasteiger partial charge in [-0.1, -0.05) is 18.2 Å². The predicted octanol–water partition coefficient (Wildman–Crippen LogP) is 2.53. The Kier molecular flexibility index (Phi) is 6.01. The number of rotatable bonds is 5. The molecule has 13 nitrogen and oxygen atoms in total. The lowest BCUT2D eigenvalue weighted by molar-refractivity contribution is -0.386. The van der Waals surface area contributed by atoms with E-state index in [-0.39, 0.29) is 54.0 Å². The first-order valence-corrected chi connectivity index (χ1v) is 13.9. The fraction of sp³-hybridized carbons (Fsp3) is 0.333. The topological polar surface area (TPSA) is 145 Å². The summed E-state index contributed by atoms with van der Waals surface area (Å²) in [5.41, 5.74) is 1.13. The monoisotopic (exact) mass is 585 g/mol. The van der Waals surface area contributed by atoms with Crippen LogP contribution >= 0.6 is 0 Å². The minimum atomic E-state index is -0.863. The summed E-state index contributed by atoms with van der Waals surface area (Å²) in [5.74, 6) is -0.644. The van der Waals surface area contributed by atoms with Crippen molar-refractivity contribution in [2.45, 2.75) is 25.0 Å². The van der Waals surface area contributed by atoms with Crippen LogP contribution in [-0.4, -0.2) is 70.9 Å². The molecule has 0 spiro atoms. The van der Waals surface area contributed by atoms with Gasteiger partial charge < -0.3 is 23.8 Å². The number of hydrogen-bond donors (Lipinski definition) is 0. The minimum absolute atomic E-state index is 0.0744. The third-order valence-electron chi connectivity index (χ3n) is 8.92. The van der Waals surface area contributed by atoms with Crippen LogP contribution in [0.3, 0.4) is 0 Å². The molecule has 3 unspecified atom stereocenters.